The normalized spacial score (nSPS) is 11.1. The van der Waals surface area contributed by atoms with Gasteiger partial charge in [0.1, 0.15) is 6.61 Å². The molecule has 0 amide bonds. The molecule has 0 aliphatic rings. The lowest BCUT2D eigenvalue weighted by Crippen LogP contribution is -2.26. The Morgan fingerprint density at radius 2 is 1.27 bits per heavy atom. The van der Waals surface area contributed by atoms with Gasteiger partial charge < -0.3 is 30.9 Å². The molecule has 0 aliphatic carbocycles. The van der Waals surface area contributed by atoms with Gasteiger partial charge in [0.25, 0.3) is 0 Å². The summed E-state index contributed by atoms with van der Waals surface area (Å²) in [7, 11) is 0. The minimum atomic E-state index is -0.120. The van der Waals surface area contributed by atoms with E-state index in [2.05, 4.69) is 10.6 Å². The fraction of sp³-hybridized carbons (Fsp3) is 0.957. The van der Waals surface area contributed by atoms with Gasteiger partial charge in [-0.3, -0.25) is 4.79 Å². The third kappa shape index (κ3) is 25.3. The highest BCUT2D eigenvalue weighted by Gasteiger charge is 2.02. The summed E-state index contributed by atoms with van der Waals surface area (Å²) in [5.74, 6) is -0.120. The van der Waals surface area contributed by atoms with Gasteiger partial charge in [0.15, 0.2) is 0 Å². The van der Waals surface area contributed by atoms with Crippen molar-refractivity contribution in [3.63, 3.8) is 0 Å². The van der Waals surface area contributed by atoms with Crippen LogP contribution in [0.3, 0.4) is 0 Å². The second-order valence-corrected chi connectivity index (χ2v) is 7.84. The fourth-order valence-corrected chi connectivity index (χ4v) is 3.17. The summed E-state index contributed by atoms with van der Waals surface area (Å²) in [4.78, 5) is 11.6. The summed E-state index contributed by atoms with van der Waals surface area (Å²) in [6, 6.07) is 0. The highest BCUT2D eigenvalue weighted by molar-refractivity contribution is 5.69. The van der Waals surface area contributed by atoms with E-state index in [-0.39, 0.29) is 12.6 Å². The summed E-state index contributed by atoms with van der Waals surface area (Å²) in [5, 5.41) is 15.4. The molecule has 0 heterocycles. The standard InChI is InChI=1S/C23H49N3O4/c24-14-9-5-3-1-2-4-6-10-15-25-16-12-17-26-18-21-30-23(28)13-8-7-11-20-29-22-19-27/h25-27H,1-22,24H2. The van der Waals surface area contributed by atoms with E-state index in [4.69, 9.17) is 20.3 Å². The molecule has 0 aliphatic heterocycles. The number of esters is 1. The van der Waals surface area contributed by atoms with Crippen molar-refractivity contribution in [1.82, 2.24) is 10.6 Å². The molecule has 0 rings (SSSR count). The maximum absolute atomic E-state index is 11.6. The van der Waals surface area contributed by atoms with Crippen LogP contribution in [0.4, 0.5) is 0 Å². The number of nitrogens with one attached hydrogen (secondary N) is 2. The van der Waals surface area contributed by atoms with E-state index in [0.29, 0.717) is 32.8 Å². The fourth-order valence-electron chi connectivity index (χ4n) is 3.17. The molecule has 0 bridgehead atoms. The molecule has 0 aromatic carbocycles. The second kappa shape index (κ2) is 26.3. The summed E-state index contributed by atoms with van der Waals surface area (Å²) in [5.41, 5.74) is 5.50. The van der Waals surface area contributed by atoms with Crippen LogP contribution in [0.2, 0.25) is 0 Å². The highest BCUT2D eigenvalue weighted by atomic mass is 16.5. The van der Waals surface area contributed by atoms with E-state index in [9.17, 15) is 4.79 Å². The molecule has 0 saturated heterocycles. The van der Waals surface area contributed by atoms with Gasteiger partial charge in [0, 0.05) is 19.6 Å². The Balaban J connectivity index is 3.11. The summed E-state index contributed by atoms with van der Waals surface area (Å²) in [6.07, 6.45) is 14.7. The number of unbranched alkanes of at least 4 members (excludes halogenated alkanes) is 9. The van der Waals surface area contributed by atoms with Crippen molar-refractivity contribution in [1.29, 1.82) is 0 Å². The van der Waals surface area contributed by atoms with Gasteiger partial charge in [0.2, 0.25) is 0 Å². The monoisotopic (exact) mass is 431 g/mol. The van der Waals surface area contributed by atoms with Gasteiger partial charge >= 0.3 is 5.97 Å². The zero-order chi connectivity index (χ0) is 22.0. The smallest absolute Gasteiger partial charge is 0.305 e. The van der Waals surface area contributed by atoms with Gasteiger partial charge in [-0.1, -0.05) is 44.9 Å². The van der Waals surface area contributed by atoms with Gasteiger partial charge in [-0.25, -0.2) is 0 Å². The number of rotatable bonds is 25. The molecular formula is C23H49N3O4. The quantitative estimate of drug-likeness (QED) is 0.130. The van der Waals surface area contributed by atoms with Gasteiger partial charge in [-0.15, -0.1) is 0 Å². The molecule has 0 spiro atoms. The Morgan fingerprint density at radius 1 is 0.667 bits per heavy atom. The maximum atomic E-state index is 11.6. The van der Waals surface area contributed by atoms with Gasteiger partial charge in [0.05, 0.1) is 13.2 Å². The number of carbonyl (C=O) groups is 1. The number of hydrogen-bond acceptors (Lipinski definition) is 7. The number of hydrogen-bond donors (Lipinski definition) is 4. The Kier molecular flexibility index (Phi) is 25.7. The molecule has 5 N–H and O–H groups in total. The Labute approximate surface area is 184 Å². The maximum Gasteiger partial charge on any atom is 0.305 e. The predicted octanol–water partition coefficient (Wildman–Crippen LogP) is 2.75. The first-order valence-electron chi connectivity index (χ1n) is 12.3. The summed E-state index contributed by atoms with van der Waals surface area (Å²) < 4.78 is 10.4. The second-order valence-electron chi connectivity index (χ2n) is 7.84. The van der Waals surface area contributed by atoms with Gasteiger partial charge in [-0.2, -0.15) is 0 Å². The van der Waals surface area contributed by atoms with Crippen molar-refractivity contribution in [2.75, 3.05) is 59.2 Å². The lowest BCUT2D eigenvalue weighted by molar-refractivity contribution is -0.143. The number of aliphatic hydroxyl groups excluding tert-OH is 1. The lowest BCUT2D eigenvalue weighted by atomic mass is 10.1. The topological polar surface area (TPSA) is 106 Å². The Hall–Kier alpha value is -0.730. The average molecular weight is 432 g/mol. The van der Waals surface area contributed by atoms with Crippen LogP contribution in [0.1, 0.15) is 83.5 Å². The number of carbonyl (C=O) groups excluding carboxylic acids is 1. The molecule has 7 nitrogen and oxygen atoms in total. The van der Waals surface area contributed by atoms with Crippen LogP contribution >= 0.6 is 0 Å². The zero-order valence-electron chi connectivity index (χ0n) is 19.3. The van der Waals surface area contributed by atoms with E-state index in [1.54, 1.807) is 0 Å². The third-order valence-corrected chi connectivity index (χ3v) is 4.96. The zero-order valence-corrected chi connectivity index (χ0v) is 19.3. The lowest BCUT2D eigenvalue weighted by Gasteiger charge is -2.08. The first-order valence-corrected chi connectivity index (χ1v) is 12.3. The minimum absolute atomic E-state index is 0.0632. The SMILES string of the molecule is NCCCCCCCCCCNCCCNCCOC(=O)CCCCCOCCO. The molecule has 0 aromatic rings. The average Bonchev–Trinajstić information content (AvgIpc) is 2.75. The van der Waals surface area contributed by atoms with E-state index in [1.807, 2.05) is 0 Å². The van der Waals surface area contributed by atoms with Crippen molar-refractivity contribution in [3.05, 3.63) is 0 Å². The van der Waals surface area contributed by atoms with Crippen LogP contribution in [-0.4, -0.2) is 70.2 Å². The van der Waals surface area contributed by atoms with Crippen LogP contribution in [0, 0.1) is 0 Å². The van der Waals surface area contributed by atoms with Crippen molar-refractivity contribution in [2.24, 2.45) is 5.73 Å². The molecule has 30 heavy (non-hydrogen) atoms. The van der Waals surface area contributed by atoms with Crippen LogP contribution in [-0.2, 0) is 14.3 Å². The van der Waals surface area contributed by atoms with Crippen molar-refractivity contribution >= 4 is 5.97 Å². The molecule has 0 aromatic heterocycles. The predicted molar refractivity (Wildman–Crippen MR) is 124 cm³/mol. The van der Waals surface area contributed by atoms with Crippen molar-refractivity contribution in [3.8, 4) is 0 Å². The van der Waals surface area contributed by atoms with E-state index >= 15 is 0 Å². The van der Waals surface area contributed by atoms with Crippen LogP contribution < -0.4 is 16.4 Å². The molecule has 0 unspecified atom stereocenters. The molecular weight excluding hydrogens is 382 g/mol. The van der Waals surface area contributed by atoms with Crippen molar-refractivity contribution < 1.29 is 19.4 Å². The first-order chi connectivity index (χ1) is 14.8. The molecule has 7 heteroatoms. The largest absolute Gasteiger partial charge is 0.464 e. The molecule has 180 valence electrons. The molecule has 0 radical (unpaired) electrons. The van der Waals surface area contributed by atoms with Crippen LogP contribution in [0.15, 0.2) is 0 Å². The van der Waals surface area contributed by atoms with E-state index < -0.39 is 0 Å². The number of aliphatic hydroxyl groups is 1. The molecule has 0 atom stereocenters. The van der Waals surface area contributed by atoms with Crippen molar-refractivity contribution in [2.45, 2.75) is 83.5 Å². The summed E-state index contributed by atoms with van der Waals surface area (Å²) in [6.45, 7) is 6.18. The summed E-state index contributed by atoms with van der Waals surface area (Å²) >= 11 is 0. The van der Waals surface area contributed by atoms with E-state index in [1.165, 1.54) is 51.4 Å². The van der Waals surface area contributed by atoms with E-state index in [0.717, 1.165) is 51.9 Å². The third-order valence-electron chi connectivity index (χ3n) is 4.96. The first kappa shape index (κ1) is 29.3. The molecule has 0 fully saturated rings. The number of nitrogens with two attached hydrogens (primary N) is 1. The Bertz CT molecular complexity index is 346. The highest BCUT2D eigenvalue weighted by Crippen LogP contribution is 2.07. The van der Waals surface area contributed by atoms with Crippen LogP contribution in [0.5, 0.6) is 0 Å². The van der Waals surface area contributed by atoms with Gasteiger partial charge in [-0.05, 0) is 58.3 Å². The Morgan fingerprint density at radius 3 is 1.97 bits per heavy atom. The molecule has 0 saturated carbocycles. The number of ether oxygens (including phenoxy) is 2. The van der Waals surface area contributed by atoms with Crippen LogP contribution in [0.25, 0.3) is 0 Å². The minimum Gasteiger partial charge on any atom is -0.464 e.